The summed E-state index contributed by atoms with van der Waals surface area (Å²) in [6.07, 6.45) is 0. The summed E-state index contributed by atoms with van der Waals surface area (Å²) in [6.45, 7) is 1.70. The van der Waals surface area contributed by atoms with E-state index >= 15 is 0 Å². The maximum Gasteiger partial charge on any atom is 0.263 e. The molecule has 2 aromatic carbocycles. The Morgan fingerprint density at radius 1 is 1.05 bits per heavy atom. The number of aryl methyl sites for hydroxylation is 1. The lowest BCUT2D eigenvalue weighted by molar-refractivity contribution is 0.400. The smallest absolute Gasteiger partial charge is 0.263 e. The number of rotatable bonds is 3. The molecular weight excluding hydrogens is 276 g/mol. The lowest BCUT2D eigenvalue weighted by atomic mass is 10.1. The van der Waals surface area contributed by atoms with E-state index < -0.39 is 10.0 Å². The number of aromatic nitrogens is 1. The Hall–Kier alpha value is -2.34. The van der Waals surface area contributed by atoms with Crippen LogP contribution >= 0.6 is 0 Å². The van der Waals surface area contributed by atoms with Gasteiger partial charge in [0.05, 0.1) is 4.90 Å². The molecule has 5 nitrogen and oxygen atoms in total. The molecule has 0 aliphatic rings. The summed E-state index contributed by atoms with van der Waals surface area (Å²) in [5.41, 5.74) is 0. The molecular formula is C14H12N2O3S. The van der Waals surface area contributed by atoms with Gasteiger partial charge in [0, 0.05) is 6.07 Å². The average molecular weight is 288 g/mol. The lowest BCUT2D eigenvalue weighted by Gasteiger charge is -2.06. The molecule has 1 N–H and O–H groups in total. The van der Waals surface area contributed by atoms with Crippen LogP contribution in [0, 0.1) is 6.92 Å². The topological polar surface area (TPSA) is 72.2 Å². The van der Waals surface area contributed by atoms with Gasteiger partial charge in [-0.05, 0) is 29.8 Å². The molecule has 0 fully saturated rings. The Kier molecular flexibility index (Phi) is 2.94. The molecule has 1 aromatic heterocycles. The number of nitrogens with zero attached hydrogens (tertiary/aromatic N) is 1. The van der Waals surface area contributed by atoms with E-state index in [1.54, 1.807) is 25.1 Å². The zero-order valence-electron chi connectivity index (χ0n) is 10.7. The molecule has 3 aromatic rings. The van der Waals surface area contributed by atoms with Crippen molar-refractivity contribution in [2.45, 2.75) is 11.8 Å². The summed E-state index contributed by atoms with van der Waals surface area (Å²) in [6, 6.07) is 14.1. The third kappa shape index (κ3) is 2.37. The highest BCUT2D eigenvalue weighted by molar-refractivity contribution is 7.92. The Morgan fingerprint density at radius 3 is 2.50 bits per heavy atom. The van der Waals surface area contributed by atoms with Crippen molar-refractivity contribution >= 4 is 26.6 Å². The van der Waals surface area contributed by atoms with Gasteiger partial charge in [0.1, 0.15) is 5.76 Å². The highest BCUT2D eigenvalue weighted by Gasteiger charge is 2.16. The van der Waals surface area contributed by atoms with Crippen molar-refractivity contribution in [3.8, 4) is 0 Å². The quantitative estimate of drug-likeness (QED) is 0.804. The second kappa shape index (κ2) is 4.64. The van der Waals surface area contributed by atoms with Crippen LogP contribution in [0.4, 0.5) is 5.82 Å². The van der Waals surface area contributed by atoms with Gasteiger partial charge < -0.3 is 4.52 Å². The summed E-state index contributed by atoms with van der Waals surface area (Å²) in [4.78, 5) is 0.192. The largest absolute Gasteiger partial charge is 0.360 e. The Balaban J connectivity index is 2.00. The third-order valence-corrected chi connectivity index (χ3v) is 4.25. The fraction of sp³-hybridized carbons (Fsp3) is 0.0714. The minimum atomic E-state index is -3.66. The number of benzene rings is 2. The number of sulfonamides is 1. The van der Waals surface area contributed by atoms with Crippen LogP contribution in [0.5, 0.6) is 0 Å². The fourth-order valence-corrected chi connectivity index (χ4v) is 2.96. The number of hydrogen-bond acceptors (Lipinski definition) is 4. The van der Waals surface area contributed by atoms with Crippen LogP contribution in [0.3, 0.4) is 0 Å². The van der Waals surface area contributed by atoms with Gasteiger partial charge >= 0.3 is 0 Å². The van der Waals surface area contributed by atoms with Gasteiger partial charge in [0.2, 0.25) is 0 Å². The second-order valence-electron chi connectivity index (χ2n) is 4.44. The number of hydrogen-bond donors (Lipinski definition) is 1. The molecule has 0 saturated heterocycles. The van der Waals surface area contributed by atoms with Crippen LogP contribution < -0.4 is 4.72 Å². The van der Waals surface area contributed by atoms with E-state index in [-0.39, 0.29) is 10.7 Å². The van der Waals surface area contributed by atoms with E-state index in [4.69, 9.17) is 4.52 Å². The molecule has 0 aliphatic carbocycles. The maximum atomic E-state index is 12.3. The third-order valence-electron chi connectivity index (χ3n) is 2.90. The molecule has 102 valence electrons. The molecule has 0 saturated carbocycles. The Labute approximate surface area is 116 Å². The highest BCUT2D eigenvalue weighted by atomic mass is 32.2. The highest BCUT2D eigenvalue weighted by Crippen LogP contribution is 2.21. The zero-order valence-corrected chi connectivity index (χ0v) is 11.5. The first-order valence-corrected chi connectivity index (χ1v) is 7.48. The molecule has 20 heavy (non-hydrogen) atoms. The Morgan fingerprint density at radius 2 is 1.80 bits per heavy atom. The van der Waals surface area contributed by atoms with Crippen LogP contribution in [-0.2, 0) is 10.0 Å². The maximum absolute atomic E-state index is 12.3. The first-order valence-electron chi connectivity index (χ1n) is 5.99. The molecule has 0 unspecified atom stereocenters. The summed E-state index contributed by atoms with van der Waals surface area (Å²) < 4.78 is 31.8. The average Bonchev–Trinajstić information content (AvgIpc) is 2.83. The number of anilines is 1. The first kappa shape index (κ1) is 12.7. The van der Waals surface area contributed by atoms with E-state index in [0.717, 1.165) is 10.8 Å². The van der Waals surface area contributed by atoms with Gasteiger partial charge in [-0.25, -0.2) is 8.42 Å². The standard InChI is InChI=1S/C14H12N2O3S/c1-10-8-14(15-19-10)16-20(17,18)13-7-6-11-4-2-3-5-12(11)9-13/h2-9H,1H3,(H,15,16). The lowest BCUT2D eigenvalue weighted by Crippen LogP contribution is -2.13. The number of fused-ring (bicyclic) bond motifs is 1. The van der Waals surface area contributed by atoms with Gasteiger partial charge in [-0.1, -0.05) is 35.5 Å². The summed E-state index contributed by atoms with van der Waals surface area (Å²) in [5.74, 6) is 0.719. The summed E-state index contributed by atoms with van der Waals surface area (Å²) in [7, 11) is -3.66. The normalized spacial score (nSPS) is 11.7. The van der Waals surface area contributed by atoms with E-state index in [0.29, 0.717) is 5.76 Å². The van der Waals surface area contributed by atoms with Crippen molar-refractivity contribution in [1.82, 2.24) is 5.16 Å². The van der Waals surface area contributed by atoms with Gasteiger partial charge in [-0.15, -0.1) is 0 Å². The van der Waals surface area contributed by atoms with Crippen LogP contribution in [0.15, 0.2) is 57.9 Å². The van der Waals surface area contributed by atoms with Crippen molar-refractivity contribution in [1.29, 1.82) is 0 Å². The van der Waals surface area contributed by atoms with Crippen LogP contribution in [0.25, 0.3) is 10.8 Å². The second-order valence-corrected chi connectivity index (χ2v) is 6.12. The van der Waals surface area contributed by atoms with E-state index in [1.807, 2.05) is 24.3 Å². The Bertz CT molecular complexity index is 869. The van der Waals surface area contributed by atoms with Crippen LogP contribution in [0.1, 0.15) is 5.76 Å². The molecule has 1 heterocycles. The summed E-state index contributed by atoms with van der Waals surface area (Å²) >= 11 is 0. The van der Waals surface area contributed by atoms with Crippen molar-refractivity contribution in [3.05, 3.63) is 54.3 Å². The first-order chi connectivity index (χ1) is 9.54. The predicted molar refractivity (Wildman–Crippen MR) is 76.0 cm³/mol. The minimum Gasteiger partial charge on any atom is -0.360 e. The summed E-state index contributed by atoms with van der Waals surface area (Å²) in [5, 5.41) is 5.48. The molecule has 0 atom stereocenters. The molecule has 0 spiro atoms. The monoisotopic (exact) mass is 288 g/mol. The van der Waals surface area contributed by atoms with Crippen molar-refractivity contribution in [3.63, 3.8) is 0 Å². The molecule has 0 aliphatic heterocycles. The zero-order chi connectivity index (χ0) is 14.2. The molecule has 0 bridgehead atoms. The van der Waals surface area contributed by atoms with Crippen LogP contribution in [0.2, 0.25) is 0 Å². The van der Waals surface area contributed by atoms with Crippen molar-refractivity contribution in [2.24, 2.45) is 0 Å². The predicted octanol–water partition coefficient (Wildman–Crippen LogP) is 2.94. The minimum absolute atomic E-state index is 0.177. The van der Waals surface area contributed by atoms with Crippen molar-refractivity contribution < 1.29 is 12.9 Å². The number of nitrogens with one attached hydrogen (secondary N) is 1. The molecule has 0 radical (unpaired) electrons. The van der Waals surface area contributed by atoms with Gasteiger partial charge in [0.15, 0.2) is 5.82 Å². The van der Waals surface area contributed by atoms with Crippen molar-refractivity contribution in [2.75, 3.05) is 4.72 Å². The van der Waals surface area contributed by atoms with Crippen LogP contribution in [-0.4, -0.2) is 13.6 Å². The van der Waals surface area contributed by atoms with E-state index in [2.05, 4.69) is 9.88 Å². The SMILES string of the molecule is Cc1cc(NS(=O)(=O)c2ccc3ccccc3c2)no1. The fourth-order valence-electron chi connectivity index (χ4n) is 1.95. The van der Waals surface area contributed by atoms with E-state index in [9.17, 15) is 8.42 Å². The van der Waals surface area contributed by atoms with E-state index in [1.165, 1.54) is 6.07 Å². The van der Waals surface area contributed by atoms with Gasteiger partial charge in [-0.3, -0.25) is 4.72 Å². The molecule has 6 heteroatoms. The molecule has 0 amide bonds. The van der Waals surface area contributed by atoms with Gasteiger partial charge in [0.25, 0.3) is 10.0 Å². The van der Waals surface area contributed by atoms with Gasteiger partial charge in [-0.2, -0.15) is 0 Å². The molecule has 3 rings (SSSR count).